The molecule has 0 aromatic heterocycles. The second-order valence-corrected chi connectivity index (χ2v) is 3.14. The van der Waals surface area contributed by atoms with E-state index in [0.29, 0.717) is 0 Å². The SMILES string of the molecule is CC(=O)OC1(CO)CCCC1. The lowest BCUT2D eigenvalue weighted by Crippen LogP contribution is -2.35. The topological polar surface area (TPSA) is 46.5 Å². The van der Waals surface area contributed by atoms with Crippen molar-refractivity contribution in [3.05, 3.63) is 0 Å². The molecule has 1 rings (SSSR count). The monoisotopic (exact) mass is 158 g/mol. The summed E-state index contributed by atoms with van der Waals surface area (Å²) in [5, 5.41) is 8.99. The lowest BCUT2D eigenvalue weighted by molar-refractivity contribution is -0.160. The van der Waals surface area contributed by atoms with Gasteiger partial charge in [0.2, 0.25) is 0 Å². The number of aliphatic hydroxyl groups is 1. The van der Waals surface area contributed by atoms with E-state index in [9.17, 15) is 4.79 Å². The van der Waals surface area contributed by atoms with E-state index in [4.69, 9.17) is 9.84 Å². The zero-order chi connectivity index (χ0) is 8.32. The molecule has 0 spiro atoms. The second kappa shape index (κ2) is 3.22. The van der Waals surface area contributed by atoms with Crippen molar-refractivity contribution in [3.8, 4) is 0 Å². The molecular weight excluding hydrogens is 144 g/mol. The molecule has 11 heavy (non-hydrogen) atoms. The molecule has 3 heteroatoms. The first kappa shape index (κ1) is 8.53. The first-order valence-corrected chi connectivity index (χ1v) is 3.99. The van der Waals surface area contributed by atoms with Crippen molar-refractivity contribution in [1.29, 1.82) is 0 Å². The van der Waals surface area contributed by atoms with Gasteiger partial charge in [-0.15, -0.1) is 0 Å². The Morgan fingerprint density at radius 2 is 2.09 bits per heavy atom. The number of carbonyl (C=O) groups is 1. The minimum absolute atomic E-state index is 0.0351. The van der Waals surface area contributed by atoms with Crippen LogP contribution in [0.1, 0.15) is 32.6 Å². The highest BCUT2D eigenvalue weighted by Crippen LogP contribution is 2.32. The largest absolute Gasteiger partial charge is 0.457 e. The van der Waals surface area contributed by atoms with Crippen molar-refractivity contribution in [2.24, 2.45) is 0 Å². The molecule has 0 unspecified atom stereocenters. The van der Waals surface area contributed by atoms with Crippen molar-refractivity contribution in [3.63, 3.8) is 0 Å². The molecule has 0 radical (unpaired) electrons. The summed E-state index contributed by atoms with van der Waals surface area (Å²) in [5.41, 5.74) is -0.536. The van der Waals surface area contributed by atoms with E-state index in [0.717, 1.165) is 25.7 Å². The maximum Gasteiger partial charge on any atom is 0.303 e. The van der Waals surface area contributed by atoms with Gasteiger partial charge < -0.3 is 9.84 Å². The molecule has 1 N–H and O–H groups in total. The van der Waals surface area contributed by atoms with Crippen LogP contribution >= 0.6 is 0 Å². The standard InChI is InChI=1S/C8H14O3/c1-7(10)11-8(6-9)4-2-3-5-8/h9H,2-6H2,1H3. The fourth-order valence-electron chi connectivity index (χ4n) is 1.62. The molecule has 3 nitrogen and oxygen atoms in total. The number of hydrogen-bond acceptors (Lipinski definition) is 3. The Kier molecular flexibility index (Phi) is 2.49. The molecule has 0 amide bonds. The van der Waals surface area contributed by atoms with Crippen LogP contribution < -0.4 is 0 Å². The molecule has 1 aliphatic rings. The maximum absolute atomic E-state index is 10.6. The summed E-state index contributed by atoms with van der Waals surface area (Å²) in [7, 11) is 0. The highest BCUT2D eigenvalue weighted by atomic mass is 16.6. The lowest BCUT2D eigenvalue weighted by Gasteiger charge is -2.25. The van der Waals surface area contributed by atoms with E-state index < -0.39 is 5.60 Å². The Bertz CT molecular complexity index is 147. The molecule has 0 saturated heterocycles. The highest BCUT2D eigenvalue weighted by Gasteiger charge is 2.36. The smallest absolute Gasteiger partial charge is 0.303 e. The van der Waals surface area contributed by atoms with Crippen LogP contribution in [0.5, 0.6) is 0 Å². The maximum atomic E-state index is 10.6. The van der Waals surface area contributed by atoms with Crippen molar-refractivity contribution in [2.45, 2.75) is 38.2 Å². The Balaban J connectivity index is 2.52. The van der Waals surface area contributed by atoms with Gasteiger partial charge >= 0.3 is 5.97 Å². The number of aliphatic hydroxyl groups excluding tert-OH is 1. The van der Waals surface area contributed by atoms with Gasteiger partial charge in [-0.25, -0.2) is 0 Å². The molecule has 1 fully saturated rings. The molecule has 0 aromatic rings. The van der Waals surface area contributed by atoms with Gasteiger partial charge in [0, 0.05) is 6.92 Å². The fourth-order valence-corrected chi connectivity index (χ4v) is 1.62. The molecular formula is C8H14O3. The van der Waals surface area contributed by atoms with Gasteiger partial charge in [0.05, 0.1) is 6.61 Å². The summed E-state index contributed by atoms with van der Waals surface area (Å²) >= 11 is 0. The molecule has 1 saturated carbocycles. The quantitative estimate of drug-likeness (QED) is 0.606. The molecule has 1 aliphatic carbocycles. The summed E-state index contributed by atoms with van der Waals surface area (Å²) < 4.78 is 5.06. The van der Waals surface area contributed by atoms with Crippen molar-refractivity contribution in [1.82, 2.24) is 0 Å². The fraction of sp³-hybridized carbons (Fsp3) is 0.875. The molecule has 0 atom stereocenters. The van der Waals surface area contributed by atoms with E-state index in [-0.39, 0.29) is 12.6 Å². The molecule has 64 valence electrons. The molecule has 0 aromatic carbocycles. The van der Waals surface area contributed by atoms with E-state index in [1.165, 1.54) is 6.92 Å². The predicted molar refractivity (Wildman–Crippen MR) is 40.1 cm³/mol. The van der Waals surface area contributed by atoms with E-state index >= 15 is 0 Å². The summed E-state index contributed by atoms with van der Waals surface area (Å²) in [6.45, 7) is 1.35. The number of ether oxygens (including phenoxy) is 1. The van der Waals surface area contributed by atoms with Crippen molar-refractivity contribution < 1.29 is 14.6 Å². The van der Waals surface area contributed by atoms with Crippen LogP contribution in [0.2, 0.25) is 0 Å². The Hall–Kier alpha value is -0.570. The molecule has 0 heterocycles. The first-order chi connectivity index (χ1) is 5.18. The van der Waals surface area contributed by atoms with Gasteiger partial charge in [-0.1, -0.05) is 0 Å². The number of esters is 1. The van der Waals surface area contributed by atoms with Crippen LogP contribution in [0.3, 0.4) is 0 Å². The third-order valence-corrected chi connectivity index (χ3v) is 2.16. The number of hydrogen-bond donors (Lipinski definition) is 1. The van der Waals surface area contributed by atoms with Gasteiger partial charge in [0.1, 0.15) is 5.60 Å². The van der Waals surface area contributed by atoms with Gasteiger partial charge in [-0.05, 0) is 25.7 Å². The minimum atomic E-state index is -0.536. The zero-order valence-corrected chi connectivity index (χ0v) is 6.80. The number of rotatable bonds is 2. The Morgan fingerprint density at radius 1 is 1.55 bits per heavy atom. The van der Waals surface area contributed by atoms with Crippen molar-refractivity contribution in [2.75, 3.05) is 6.61 Å². The average Bonchev–Trinajstić information content (AvgIpc) is 2.36. The Labute approximate surface area is 66.4 Å². The average molecular weight is 158 g/mol. The highest BCUT2D eigenvalue weighted by molar-refractivity contribution is 5.66. The van der Waals surface area contributed by atoms with Crippen LogP contribution in [0.4, 0.5) is 0 Å². The summed E-state index contributed by atoms with van der Waals surface area (Å²) in [5.74, 6) is -0.291. The van der Waals surface area contributed by atoms with Crippen LogP contribution in [-0.4, -0.2) is 23.3 Å². The minimum Gasteiger partial charge on any atom is -0.457 e. The molecule has 0 bridgehead atoms. The van der Waals surface area contributed by atoms with Gasteiger partial charge in [0.25, 0.3) is 0 Å². The van der Waals surface area contributed by atoms with E-state index in [1.54, 1.807) is 0 Å². The van der Waals surface area contributed by atoms with Crippen LogP contribution in [-0.2, 0) is 9.53 Å². The van der Waals surface area contributed by atoms with E-state index in [2.05, 4.69) is 0 Å². The zero-order valence-electron chi connectivity index (χ0n) is 6.80. The second-order valence-electron chi connectivity index (χ2n) is 3.14. The lowest BCUT2D eigenvalue weighted by atomic mass is 10.0. The van der Waals surface area contributed by atoms with Gasteiger partial charge in [0.15, 0.2) is 0 Å². The Morgan fingerprint density at radius 3 is 2.45 bits per heavy atom. The third-order valence-electron chi connectivity index (χ3n) is 2.16. The first-order valence-electron chi connectivity index (χ1n) is 3.99. The number of carbonyl (C=O) groups excluding carboxylic acids is 1. The van der Waals surface area contributed by atoms with Crippen molar-refractivity contribution >= 4 is 5.97 Å². The summed E-state index contributed by atoms with van der Waals surface area (Å²) in [6, 6.07) is 0. The van der Waals surface area contributed by atoms with Crippen LogP contribution in [0, 0.1) is 0 Å². The predicted octanol–water partition coefficient (Wildman–Crippen LogP) is 0.855. The molecule has 0 aliphatic heterocycles. The summed E-state index contributed by atoms with van der Waals surface area (Å²) in [4.78, 5) is 10.6. The third kappa shape index (κ3) is 1.93. The van der Waals surface area contributed by atoms with Crippen LogP contribution in [0.15, 0.2) is 0 Å². The van der Waals surface area contributed by atoms with E-state index in [1.807, 2.05) is 0 Å². The van der Waals surface area contributed by atoms with Gasteiger partial charge in [-0.2, -0.15) is 0 Å². The summed E-state index contributed by atoms with van der Waals surface area (Å²) in [6.07, 6.45) is 3.72. The van der Waals surface area contributed by atoms with Crippen LogP contribution in [0.25, 0.3) is 0 Å². The normalized spacial score (nSPS) is 21.6. The van der Waals surface area contributed by atoms with Gasteiger partial charge in [-0.3, -0.25) is 4.79 Å².